The molecule has 0 saturated carbocycles. The van der Waals surface area contributed by atoms with Crippen LogP contribution in [0.4, 0.5) is 8.78 Å². The van der Waals surface area contributed by atoms with E-state index in [0.717, 1.165) is 6.20 Å². The van der Waals surface area contributed by atoms with Crippen LogP contribution in [-0.4, -0.2) is 16.1 Å². The number of nitrogens with zero attached hydrogens (tertiary/aromatic N) is 2. The summed E-state index contributed by atoms with van der Waals surface area (Å²) in [4.78, 5) is 14.2. The smallest absolute Gasteiger partial charge is 0.339 e. The number of aromatic carboxylic acids is 1. The molecule has 0 amide bonds. The zero-order valence-corrected chi connectivity index (χ0v) is 8.50. The lowest BCUT2D eigenvalue weighted by atomic mass is 10.0. The summed E-state index contributed by atoms with van der Waals surface area (Å²) in [7, 11) is 0. The van der Waals surface area contributed by atoms with Gasteiger partial charge in [-0.2, -0.15) is 5.26 Å². The van der Waals surface area contributed by atoms with Crippen LogP contribution in [0.15, 0.2) is 6.20 Å². The predicted octanol–water partition coefficient (Wildman–Crippen LogP) is 2.33. The molecule has 1 aromatic rings. The monoisotopic (exact) mass is 246 g/mol. The van der Waals surface area contributed by atoms with Crippen LogP contribution in [0.2, 0.25) is 0 Å². The Morgan fingerprint density at radius 3 is 2.69 bits per heavy atom. The highest BCUT2D eigenvalue weighted by Gasteiger charge is 2.23. The number of carbonyl (C=O) groups is 1. The van der Waals surface area contributed by atoms with Gasteiger partial charge in [0.15, 0.2) is 5.69 Å². The van der Waals surface area contributed by atoms with Crippen LogP contribution in [0.5, 0.6) is 0 Å². The number of nitriles is 1. The van der Waals surface area contributed by atoms with E-state index in [0.29, 0.717) is 0 Å². The zero-order valence-electron chi connectivity index (χ0n) is 7.75. The molecule has 0 spiro atoms. The third-order valence-electron chi connectivity index (χ3n) is 1.91. The normalized spacial score (nSPS) is 10.2. The largest absolute Gasteiger partial charge is 0.478 e. The highest BCUT2D eigenvalue weighted by molar-refractivity contribution is 6.17. The fraction of sp³-hybridized carbons (Fsp3) is 0.222. The maximum atomic E-state index is 12.5. The van der Waals surface area contributed by atoms with Crippen LogP contribution in [0.25, 0.3) is 0 Å². The lowest BCUT2D eigenvalue weighted by Crippen LogP contribution is -2.10. The molecule has 1 heterocycles. The number of pyridine rings is 1. The minimum atomic E-state index is -2.88. The summed E-state index contributed by atoms with van der Waals surface area (Å²) in [6.07, 6.45) is -2.11. The van der Waals surface area contributed by atoms with Crippen LogP contribution in [0.1, 0.15) is 33.6 Å². The van der Waals surface area contributed by atoms with Gasteiger partial charge in [0.25, 0.3) is 6.43 Å². The molecule has 0 aromatic carbocycles. The van der Waals surface area contributed by atoms with Crippen LogP contribution in [-0.2, 0) is 5.88 Å². The van der Waals surface area contributed by atoms with Crippen molar-refractivity contribution >= 4 is 17.6 Å². The Morgan fingerprint density at radius 1 is 1.69 bits per heavy atom. The molecule has 0 atom stereocenters. The Balaban J connectivity index is 3.58. The van der Waals surface area contributed by atoms with Crippen molar-refractivity contribution in [3.05, 3.63) is 28.6 Å². The Kier molecular flexibility index (Phi) is 3.74. The summed E-state index contributed by atoms with van der Waals surface area (Å²) in [6.45, 7) is 0. The first-order valence-electron chi connectivity index (χ1n) is 4.02. The molecule has 0 saturated heterocycles. The second-order valence-electron chi connectivity index (χ2n) is 2.77. The molecule has 0 aliphatic rings. The van der Waals surface area contributed by atoms with Gasteiger partial charge in [0, 0.05) is 17.6 Å². The summed E-state index contributed by atoms with van der Waals surface area (Å²) >= 11 is 5.42. The summed E-state index contributed by atoms with van der Waals surface area (Å²) in [6, 6.07) is 1.52. The van der Waals surface area contributed by atoms with Crippen LogP contribution < -0.4 is 0 Å². The molecule has 0 fully saturated rings. The quantitative estimate of drug-likeness (QED) is 0.831. The summed E-state index contributed by atoms with van der Waals surface area (Å²) in [5, 5.41) is 17.4. The van der Waals surface area contributed by atoms with Gasteiger partial charge in [-0.3, -0.25) is 0 Å². The van der Waals surface area contributed by atoms with Crippen molar-refractivity contribution < 1.29 is 18.7 Å². The third kappa shape index (κ3) is 2.09. The Bertz CT molecular complexity index is 471. The third-order valence-corrected chi connectivity index (χ3v) is 2.18. The predicted molar refractivity (Wildman–Crippen MR) is 50.4 cm³/mol. The molecular weight excluding hydrogens is 242 g/mol. The second-order valence-corrected chi connectivity index (χ2v) is 3.03. The number of hydrogen-bond donors (Lipinski definition) is 1. The molecule has 1 rings (SSSR count). The molecule has 0 unspecified atom stereocenters. The van der Waals surface area contributed by atoms with Gasteiger partial charge in [-0.1, -0.05) is 0 Å². The van der Waals surface area contributed by atoms with Gasteiger partial charge in [-0.15, -0.1) is 11.6 Å². The molecule has 1 aromatic heterocycles. The van der Waals surface area contributed by atoms with Gasteiger partial charge < -0.3 is 5.11 Å². The van der Waals surface area contributed by atoms with E-state index >= 15 is 0 Å². The first-order chi connectivity index (χ1) is 7.52. The minimum absolute atomic E-state index is 0.268. The number of aromatic nitrogens is 1. The van der Waals surface area contributed by atoms with E-state index in [9.17, 15) is 13.6 Å². The first kappa shape index (κ1) is 12.3. The number of rotatable bonds is 3. The lowest BCUT2D eigenvalue weighted by molar-refractivity contribution is 0.0694. The van der Waals surface area contributed by atoms with Gasteiger partial charge in [0.05, 0.1) is 0 Å². The van der Waals surface area contributed by atoms with Crippen molar-refractivity contribution in [3.8, 4) is 6.07 Å². The van der Waals surface area contributed by atoms with Crippen molar-refractivity contribution in [2.75, 3.05) is 0 Å². The Morgan fingerprint density at radius 2 is 2.31 bits per heavy atom. The molecule has 0 bridgehead atoms. The molecule has 0 aliphatic heterocycles. The fourth-order valence-corrected chi connectivity index (χ4v) is 1.50. The van der Waals surface area contributed by atoms with Gasteiger partial charge in [0.2, 0.25) is 0 Å². The van der Waals surface area contributed by atoms with Crippen molar-refractivity contribution in [2.45, 2.75) is 12.3 Å². The van der Waals surface area contributed by atoms with E-state index in [1.807, 2.05) is 0 Å². The van der Waals surface area contributed by atoms with Gasteiger partial charge >= 0.3 is 5.97 Å². The SMILES string of the molecule is N#Cc1ncc(C(F)F)c(CCl)c1C(=O)O. The zero-order chi connectivity index (χ0) is 12.3. The molecule has 1 N–H and O–H groups in total. The Labute approximate surface area is 94.1 Å². The minimum Gasteiger partial charge on any atom is -0.478 e. The van der Waals surface area contributed by atoms with E-state index in [2.05, 4.69) is 4.98 Å². The van der Waals surface area contributed by atoms with Crippen molar-refractivity contribution in [3.63, 3.8) is 0 Å². The molecular formula is C9H5ClF2N2O2. The number of halogens is 3. The van der Waals surface area contributed by atoms with Gasteiger partial charge in [-0.25, -0.2) is 18.6 Å². The topological polar surface area (TPSA) is 74.0 Å². The fourth-order valence-electron chi connectivity index (χ4n) is 1.21. The maximum Gasteiger partial charge on any atom is 0.339 e. The molecule has 84 valence electrons. The summed E-state index contributed by atoms with van der Waals surface area (Å²) in [5.74, 6) is -1.92. The first-order valence-corrected chi connectivity index (χ1v) is 4.55. The summed E-state index contributed by atoms with van der Waals surface area (Å²) < 4.78 is 25.0. The van der Waals surface area contributed by atoms with E-state index in [1.165, 1.54) is 6.07 Å². The molecule has 0 radical (unpaired) electrons. The van der Waals surface area contributed by atoms with Crippen LogP contribution >= 0.6 is 11.6 Å². The van der Waals surface area contributed by atoms with Crippen LogP contribution in [0.3, 0.4) is 0 Å². The van der Waals surface area contributed by atoms with Gasteiger partial charge in [0.1, 0.15) is 11.6 Å². The lowest BCUT2D eigenvalue weighted by Gasteiger charge is -2.09. The number of hydrogen-bond acceptors (Lipinski definition) is 3. The van der Waals surface area contributed by atoms with Crippen molar-refractivity contribution in [1.29, 1.82) is 5.26 Å². The molecule has 7 heteroatoms. The molecule has 16 heavy (non-hydrogen) atoms. The number of carboxylic acid groups (broad SMARTS) is 1. The van der Waals surface area contributed by atoms with Gasteiger partial charge in [-0.05, 0) is 5.56 Å². The number of carboxylic acids is 1. The van der Waals surface area contributed by atoms with Crippen LogP contribution in [0, 0.1) is 11.3 Å². The molecule has 4 nitrogen and oxygen atoms in total. The highest BCUT2D eigenvalue weighted by atomic mass is 35.5. The average Bonchev–Trinajstić information content (AvgIpc) is 2.26. The Hall–Kier alpha value is -1.74. The van der Waals surface area contributed by atoms with E-state index in [-0.39, 0.29) is 5.56 Å². The standard InChI is InChI=1S/C9H5ClF2N2O2/c10-1-4-5(8(11)12)3-14-6(2-13)7(4)9(15)16/h3,8H,1H2,(H,15,16). The highest BCUT2D eigenvalue weighted by Crippen LogP contribution is 2.27. The van der Waals surface area contributed by atoms with E-state index < -0.39 is 35.1 Å². The van der Waals surface area contributed by atoms with E-state index in [1.54, 1.807) is 0 Å². The van der Waals surface area contributed by atoms with Crippen molar-refractivity contribution in [1.82, 2.24) is 4.98 Å². The molecule has 0 aliphatic carbocycles. The number of alkyl halides is 3. The average molecular weight is 247 g/mol. The second kappa shape index (κ2) is 4.86. The maximum absolute atomic E-state index is 12.5. The van der Waals surface area contributed by atoms with E-state index in [4.69, 9.17) is 22.0 Å². The summed E-state index contributed by atoms with van der Waals surface area (Å²) in [5.41, 5.74) is -1.81. The van der Waals surface area contributed by atoms with Crippen molar-refractivity contribution in [2.24, 2.45) is 0 Å².